The van der Waals surface area contributed by atoms with Crippen LogP contribution in [0.1, 0.15) is 33.6 Å². The molecule has 0 N–H and O–H groups in total. The highest BCUT2D eigenvalue weighted by atomic mass is 16.5. The minimum absolute atomic E-state index is 0.649. The number of benzene rings is 7. The fourth-order valence-electron chi connectivity index (χ4n) is 9.14. The second-order valence-corrected chi connectivity index (χ2v) is 15.2. The maximum Gasteiger partial charge on any atom is 0.160 e. The lowest BCUT2D eigenvalue weighted by Crippen LogP contribution is -2.32. The fraction of sp³-hybridized carbons (Fsp3) is 0.0556. The van der Waals surface area contributed by atoms with Crippen molar-refractivity contribution < 1.29 is 4.74 Å². The summed E-state index contributed by atoms with van der Waals surface area (Å²) >= 11 is 0. The van der Waals surface area contributed by atoms with Crippen LogP contribution in [-0.2, 0) is 5.41 Å². The number of hydrogen-bond donors (Lipinski definition) is 0. The second-order valence-electron chi connectivity index (χ2n) is 15.2. The van der Waals surface area contributed by atoms with E-state index in [9.17, 15) is 0 Å². The topological polar surface area (TPSA) is 47.9 Å². The van der Waals surface area contributed by atoms with Gasteiger partial charge in [-0.2, -0.15) is 0 Å². The van der Waals surface area contributed by atoms with Crippen molar-refractivity contribution in [2.75, 3.05) is 0 Å². The molecule has 1 spiro atoms. The van der Waals surface area contributed by atoms with Crippen molar-refractivity contribution in [3.8, 4) is 78.8 Å². The van der Waals surface area contributed by atoms with Crippen LogP contribution in [0.3, 0.4) is 0 Å². The number of aromatic nitrogens is 3. The van der Waals surface area contributed by atoms with E-state index in [0.29, 0.717) is 5.82 Å². The number of para-hydroxylation sites is 1. The summed E-state index contributed by atoms with van der Waals surface area (Å²) in [5.74, 6) is 2.41. The zero-order chi connectivity index (χ0) is 38.8. The molecule has 0 amide bonds. The molecule has 1 unspecified atom stereocenters. The smallest absolute Gasteiger partial charge is 0.160 e. The lowest BCUT2D eigenvalue weighted by molar-refractivity contribution is 0.436. The van der Waals surface area contributed by atoms with Crippen LogP contribution in [0.25, 0.3) is 67.3 Å². The average molecular weight is 744 g/mol. The molecule has 9 aromatic rings. The third-order valence-corrected chi connectivity index (χ3v) is 11.8. The van der Waals surface area contributed by atoms with Crippen LogP contribution in [0.15, 0.2) is 188 Å². The Hall–Kier alpha value is -7.43. The molecule has 2 aliphatic rings. The first kappa shape index (κ1) is 33.9. The van der Waals surface area contributed by atoms with Crippen LogP contribution in [0.5, 0.6) is 11.5 Å². The van der Waals surface area contributed by atoms with Crippen LogP contribution in [0.4, 0.5) is 0 Å². The number of pyridine rings is 1. The number of nitrogens with zero attached hydrogens (tertiary/aromatic N) is 3. The molecule has 7 aromatic carbocycles. The largest absolute Gasteiger partial charge is 0.457 e. The molecule has 1 atom stereocenters. The van der Waals surface area contributed by atoms with E-state index < -0.39 is 5.41 Å². The highest BCUT2D eigenvalue weighted by molar-refractivity contribution is 5.91. The van der Waals surface area contributed by atoms with Gasteiger partial charge in [-0.15, -0.1) is 0 Å². The summed E-state index contributed by atoms with van der Waals surface area (Å²) in [4.78, 5) is 15.0. The van der Waals surface area contributed by atoms with Gasteiger partial charge in [0, 0.05) is 44.8 Å². The van der Waals surface area contributed by atoms with Crippen molar-refractivity contribution in [3.63, 3.8) is 0 Å². The van der Waals surface area contributed by atoms with Crippen LogP contribution >= 0.6 is 0 Å². The quantitative estimate of drug-likeness (QED) is 0.176. The van der Waals surface area contributed by atoms with Gasteiger partial charge in [0.1, 0.15) is 11.5 Å². The number of rotatable bonds is 5. The van der Waals surface area contributed by atoms with E-state index in [1.54, 1.807) is 0 Å². The van der Waals surface area contributed by atoms with Crippen molar-refractivity contribution in [3.05, 3.63) is 222 Å². The highest BCUT2D eigenvalue weighted by Gasteiger charge is 2.51. The molecule has 0 bridgehead atoms. The van der Waals surface area contributed by atoms with Crippen LogP contribution in [-0.4, -0.2) is 15.0 Å². The number of fused-ring (bicyclic) bond motifs is 9. The van der Waals surface area contributed by atoms with Crippen LogP contribution in [0, 0.1) is 13.8 Å². The van der Waals surface area contributed by atoms with Gasteiger partial charge >= 0.3 is 0 Å². The van der Waals surface area contributed by atoms with Gasteiger partial charge < -0.3 is 4.74 Å². The third-order valence-electron chi connectivity index (χ3n) is 11.8. The standard InChI is InChI=1S/C54H37N3O/c1-34-21-28-42(35(2)55-34)37-24-22-36(23-25-37)40-27-30-52-48(31-40)54(46-19-11-12-20-51(46)58-52)45-18-10-9-17-43(45)44-29-26-41(32-47(44)54)50-33-49(38-13-5-3-6-14-38)56-53(57-50)39-15-7-4-8-16-39/h3-33H,1-2H3. The Morgan fingerprint density at radius 3 is 1.71 bits per heavy atom. The minimum Gasteiger partial charge on any atom is -0.457 e. The molecule has 0 radical (unpaired) electrons. The zero-order valence-corrected chi connectivity index (χ0v) is 32.1. The lowest BCUT2D eigenvalue weighted by atomic mass is 9.65. The molecular weight excluding hydrogens is 707 g/mol. The molecule has 0 fully saturated rings. The van der Waals surface area contributed by atoms with Gasteiger partial charge in [-0.25, -0.2) is 9.97 Å². The Kier molecular flexibility index (Phi) is 7.80. The normalized spacial score (nSPS) is 14.6. The van der Waals surface area contributed by atoms with Gasteiger partial charge in [0.15, 0.2) is 5.82 Å². The molecule has 1 aliphatic carbocycles. The third kappa shape index (κ3) is 5.33. The summed E-state index contributed by atoms with van der Waals surface area (Å²) in [6.45, 7) is 4.11. The summed E-state index contributed by atoms with van der Waals surface area (Å²) < 4.78 is 6.80. The zero-order valence-electron chi connectivity index (χ0n) is 32.1. The highest BCUT2D eigenvalue weighted by Crippen LogP contribution is 2.62. The van der Waals surface area contributed by atoms with Gasteiger partial charge in [-0.3, -0.25) is 4.98 Å². The molecule has 0 saturated heterocycles. The van der Waals surface area contributed by atoms with Gasteiger partial charge in [0.25, 0.3) is 0 Å². The molecule has 274 valence electrons. The number of ether oxygens (including phenoxy) is 1. The second kappa shape index (κ2) is 13.4. The molecule has 58 heavy (non-hydrogen) atoms. The average Bonchev–Trinajstić information content (AvgIpc) is 3.57. The molecule has 1 aliphatic heterocycles. The molecule has 3 heterocycles. The summed E-state index contributed by atoms with van der Waals surface area (Å²) in [5.41, 5.74) is 17.9. The van der Waals surface area contributed by atoms with Gasteiger partial charge in [-0.1, -0.05) is 152 Å². The maximum absolute atomic E-state index is 6.80. The van der Waals surface area contributed by atoms with Crippen LogP contribution < -0.4 is 4.74 Å². The fourth-order valence-corrected chi connectivity index (χ4v) is 9.14. The summed E-state index contributed by atoms with van der Waals surface area (Å²) in [6, 6.07) is 66.8. The van der Waals surface area contributed by atoms with Crippen molar-refractivity contribution in [2.24, 2.45) is 0 Å². The first-order chi connectivity index (χ1) is 28.5. The maximum atomic E-state index is 6.80. The van der Waals surface area contributed by atoms with Crippen molar-refractivity contribution in [2.45, 2.75) is 19.3 Å². The number of hydrogen-bond acceptors (Lipinski definition) is 4. The number of aryl methyl sites for hydroxylation is 2. The monoisotopic (exact) mass is 743 g/mol. The van der Waals surface area contributed by atoms with Crippen LogP contribution in [0.2, 0.25) is 0 Å². The Bertz CT molecular complexity index is 2990. The Labute approximate surface area is 338 Å². The minimum atomic E-state index is -0.649. The van der Waals surface area contributed by atoms with Gasteiger partial charge in [0.2, 0.25) is 0 Å². The predicted octanol–water partition coefficient (Wildman–Crippen LogP) is 13.3. The van der Waals surface area contributed by atoms with E-state index in [1.807, 2.05) is 31.2 Å². The van der Waals surface area contributed by atoms with E-state index in [2.05, 4.69) is 171 Å². The molecule has 0 saturated carbocycles. The molecule has 11 rings (SSSR count). The van der Waals surface area contributed by atoms with Crippen molar-refractivity contribution in [1.82, 2.24) is 15.0 Å². The van der Waals surface area contributed by atoms with Gasteiger partial charge in [0.05, 0.1) is 16.8 Å². The molecular formula is C54H37N3O. The van der Waals surface area contributed by atoms with Crippen molar-refractivity contribution in [1.29, 1.82) is 0 Å². The van der Waals surface area contributed by atoms with E-state index in [1.165, 1.54) is 22.3 Å². The Morgan fingerprint density at radius 1 is 0.362 bits per heavy atom. The molecule has 4 heteroatoms. The summed E-state index contributed by atoms with van der Waals surface area (Å²) in [7, 11) is 0. The molecule has 4 nitrogen and oxygen atoms in total. The lowest BCUT2D eigenvalue weighted by Gasteiger charge is -2.39. The van der Waals surface area contributed by atoms with E-state index in [0.717, 1.165) is 84.3 Å². The van der Waals surface area contributed by atoms with E-state index >= 15 is 0 Å². The summed E-state index contributed by atoms with van der Waals surface area (Å²) in [5, 5.41) is 0. The van der Waals surface area contributed by atoms with Gasteiger partial charge in [-0.05, 0) is 89.2 Å². The first-order valence-corrected chi connectivity index (χ1v) is 19.8. The Balaban J connectivity index is 1.12. The van der Waals surface area contributed by atoms with E-state index in [4.69, 9.17) is 19.7 Å². The van der Waals surface area contributed by atoms with Crippen molar-refractivity contribution >= 4 is 0 Å². The molecule has 2 aromatic heterocycles. The summed E-state index contributed by atoms with van der Waals surface area (Å²) in [6.07, 6.45) is 0. The van der Waals surface area contributed by atoms with E-state index in [-0.39, 0.29) is 0 Å². The first-order valence-electron chi connectivity index (χ1n) is 19.8. The Morgan fingerprint density at radius 2 is 0.931 bits per heavy atom. The predicted molar refractivity (Wildman–Crippen MR) is 234 cm³/mol. The SMILES string of the molecule is Cc1ccc(-c2ccc(-c3ccc4c(c3)C3(c5ccccc5O4)c4ccccc4-c4ccc(-c5cc(-c6ccccc6)nc(-c6ccccc6)n5)cc43)cc2)c(C)n1.